The van der Waals surface area contributed by atoms with Crippen LogP contribution in [0.2, 0.25) is 5.02 Å². The average molecular weight is 348 g/mol. The molecule has 1 aromatic heterocycles. The van der Waals surface area contributed by atoms with Gasteiger partial charge in [0.25, 0.3) is 0 Å². The number of benzene rings is 1. The number of hydrogen-bond donors (Lipinski definition) is 0. The minimum atomic E-state index is -0.204. The molecular formula is C17H18ClN3O3. The summed E-state index contributed by atoms with van der Waals surface area (Å²) >= 11 is 6.06. The van der Waals surface area contributed by atoms with Gasteiger partial charge in [-0.25, -0.2) is 0 Å². The van der Waals surface area contributed by atoms with Crippen molar-refractivity contribution < 1.29 is 14.1 Å². The lowest BCUT2D eigenvalue weighted by atomic mass is 9.95. The van der Waals surface area contributed by atoms with Crippen LogP contribution in [0.5, 0.6) is 5.75 Å². The highest BCUT2D eigenvalue weighted by molar-refractivity contribution is 6.30. The van der Waals surface area contributed by atoms with Gasteiger partial charge in [-0.2, -0.15) is 4.98 Å². The second-order valence-corrected chi connectivity index (χ2v) is 6.76. The lowest BCUT2D eigenvalue weighted by molar-refractivity contribution is -0.138. The molecule has 1 aromatic carbocycles. The number of carbonyl (C=O) groups excluding carboxylic acids is 1. The van der Waals surface area contributed by atoms with Crippen LogP contribution in [-0.2, 0) is 11.2 Å². The molecule has 0 unspecified atom stereocenters. The first-order valence-electron chi connectivity index (χ1n) is 8.14. The highest BCUT2D eigenvalue weighted by Gasteiger charge is 2.38. The van der Waals surface area contributed by atoms with Gasteiger partial charge >= 0.3 is 0 Å². The van der Waals surface area contributed by atoms with Crippen LogP contribution in [0.1, 0.15) is 36.2 Å². The van der Waals surface area contributed by atoms with Crippen molar-refractivity contribution in [1.82, 2.24) is 15.0 Å². The van der Waals surface area contributed by atoms with E-state index in [1.165, 1.54) is 0 Å². The van der Waals surface area contributed by atoms with Gasteiger partial charge in [-0.05, 0) is 43.0 Å². The highest BCUT2D eigenvalue weighted by Crippen LogP contribution is 2.35. The van der Waals surface area contributed by atoms with Crippen LogP contribution in [0.4, 0.5) is 0 Å². The molecule has 4 rings (SSSR count). The predicted molar refractivity (Wildman–Crippen MR) is 86.9 cm³/mol. The zero-order chi connectivity index (χ0) is 16.7. The fraction of sp³-hybridized carbons (Fsp3) is 0.471. The number of aryl methyl sites for hydroxylation is 1. The minimum absolute atomic E-state index is 0.0885. The first-order chi connectivity index (χ1) is 11.6. The molecule has 7 heteroatoms. The molecule has 0 spiro atoms. The number of hydrogen-bond acceptors (Lipinski definition) is 5. The maximum Gasteiger partial charge on any atom is 0.230 e. The Labute approximate surface area is 144 Å². The average Bonchev–Trinajstić information content (AvgIpc) is 3.22. The first kappa shape index (κ1) is 15.4. The Bertz CT molecular complexity index is 776. The maximum absolute atomic E-state index is 13.0. The molecule has 0 N–H and O–H groups in total. The van der Waals surface area contributed by atoms with Crippen LogP contribution in [-0.4, -0.2) is 34.1 Å². The zero-order valence-electron chi connectivity index (χ0n) is 13.4. The third-order valence-corrected chi connectivity index (χ3v) is 4.89. The first-order valence-corrected chi connectivity index (χ1v) is 8.51. The van der Waals surface area contributed by atoms with Crippen molar-refractivity contribution in [1.29, 1.82) is 0 Å². The number of amides is 1. The summed E-state index contributed by atoms with van der Waals surface area (Å²) in [6, 6.07) is 5.44. The zero-order valence-corrected chi connectivity index (χ0v) is 14.1. The van der Waals surface area contributed by atoms with E-state index in [1.807, 2.05) is 17.0 Å². The highest BCUT2D eigenvalue weighted by atomic mass is 35.5. The molecule has 1 saturated heterocycles. The van der Waals surface area contributed by atoms with E-state index in [2.05, 4.69) is 10.1 Å². The summed E-state index contributed by atoms with van der Waals surface area (Å²) in [5.41, 5.74) is 0.984. The molecular weight excluding hydrogens is 330 g/mol. The van der Waals surface area contributed by atoms with Gasteiger partial charge in [-0.3, -0.25) is 4.79 Å². The van der Waals surface area contributed by atoms with E-state index in [1.54, 1.807) is 13.0 Å². The molecule has 1 fully saturated rings. The van der Waals surface area contributed by atoms with Crippen LogP contribution < -0.4 is 4.74 Å². The van der Waals surface area contributed by atoms with Gasteiger partial charge in [0.2, 0.25) is 11.8 Å². The van der Waals surface area contributed by atoms with Crippen molar-refractivity contribution in [3.63, 3.8) is 0 Å². The van der Waals surface area contributed by atoms with E-state index in [0.717, 1.165) is 30.7 Å². The molecule has 126 valence electrons. The predicted octanol–water partition coefficient (Wildman–Crippen LogP) is 2.95. The van der Waals surface area contributed by atoms with Crippen molar-refractivity contribution in [3.8, 4) is 5.75 Å². The van der Waals surface area contributed by atoms with E-state index in [-0.39, 0.29) is 17.9 Å². The number of rotatable bonds is 2. The van der Waals surface area contributed by atoms with Gasteiger partial charge in [0.05, 0.1) is 12.0 Å². The topological polar surface area (TPSA) is 68.5 Å². The molecule has 0 aliphatic carbocycles. The van der Waals surface area contributed by atoms with Crippen molar-refractivity contribution in [3.05, 3.63) is 40.5 Å². The van der Waals surface area contributed by atoms with Crippen molar-refractivity contribution >= 4 is 17.5 Å². The van der Waals surface area contributed by atoms with E-state index < -0.39 is 0 Å². The molecule has 2 aromatic rings. The lowest BCUT2D eigenvalue weighted by Gasteiger charge is -2.30. The second kappa shape index (κ2) is 6.09. The fourth-order valence-corrected chi connectivity index (χ4v) is 3.70. The number of ether oxygens (including phenoxy) is 1. The molecule has 1 amide bonds. The van der Waals surface area contributed by atoms with Gasteiger partial charge in [-0.1, -0.05) is 16.8 Å². The smallest absolute Gasteiger partial charge is 0.230 e. The standard InChI is InChI=1S/C17H18ClN3O3/c1-10-19-16(20-24-10)14-3-2-6-21(14)17(22)12-7-11-8-13(18)4-5-15(11)23-9-12/h4-5,8,12,14H,2-3,6-7,9H2,1H3/t12-,14-/m0/s1. The summed E-state index contributed by atoms with van der Waals surface area (Å²) in [4.78, 5) is 19.2. The van der Waals surface area contributed by atoms with Crippen LogP contribution >= 0.6 is 11.6 Å². The van der Waals surface area contributed by atoms with E-state index in [0.29, 0.717) is 29.8 Å². The van der Waals surface area contributed by atoms with Crippen molar-refractivity contribution in [2.45, 2.75) is 32.2 Å². The minimum Gasteiger partial charge on any atom is -0.492 e. The summed E-state index contributed by atoms with van der Waals surface area (Å²) in [6.07, 6.45) is 2.45. The number of fused-ring (bicyclic) bond motifs is 1. The van der Waals surface area contributed by atoms with Crippen LogP contribution in [0.3, 0.4) is 0 Å². The summed E-state index contributed by atoms with van der Waals surface area (Å²) in [7, 11) is 0. The molecule has 2 aliphatic heterocycles. The normalized spacial score (nSPS) is 23.0. The molecule has 0 radical (unpaired) electrons. The number of carbonyl (C=O) groups is 1. The molecule has 0 saturated carbocycles. The van der Waals surface area contributed by atoms with E-state index >= 15 is 0 Å². The second-order valence-electron chi connectivity index (χ2n) is 6.33. The molecule has 24 heavy (non-hydrogen) atoms. The monoisotopic (exact) mass is 347 g/mol. The van der Waals surface area contributed by atoms with Crippen molar-refractivity contribution in [2.24, 2.45) is 5.92 Å². The Hall–Kier alpha value is -2.08. The Balaban J connectivity index is 1.53. The Morgan fingerprint density at radius 1 is 1.42 bits per heavy atom. The number of likely N-dealkylation sites (tertiary alicyclic amines) is 1. The number of aromatic nitrogens is 2. The SMILES string of the molecule is Cc1nc([C@@H]2CCCN2C(=O)[C@@H]2COc3ccc(Cl)cc3C2)no1. The molecule has 2 aliphatic rings. The number of nitrogens with zero attached hydrogens (tertiary/aromatic N) is 3. The van der Waals surface area contributed by atoms with Gasteiger partial charge < -0.3 is 14.2 Å². The Morgan fingerprint density at radius 3 is 3.08 bits per heavy atom. The lowest BCUT2D eigenvalue weighted by Crippen LogP contribution is -2.40. The van der Waals surface area contributed by atoms with Crippen LogP contribution in [0.25, 0.3) is 0 Å². The van der Waals surface area contributed by atoms with Gasteiger partial charge in [0.15, 0.2) is 5.82 Å². The van der Waals surface area contributed by atoms with Gasteiger partial charge in [0.1, 0.15) is 12.4 Å². The van der Waals surface area contributed by atoms with E-state index in [4.69, 9.17) is 20.9 Å². The van der Waals surface area contributed by atoms with Gasteiger partial charge in [-0.15, -0.1) is 0 Å². The maximum atomic E-state index is 13.0. The van der Waals surface area contributed by atoms with Crippen LogP contribution in [0.15, 0.2) is 22.7 Å². The summed E-state index contributed by atoms with van der Waals surface area (Å²) in [5.74, 6) is 1.82. The molecule has 0 bridgehead atoms. The fourth-order valence-electron chi connectivity index (χ4n) is 3.51. The summed E-state index contributed by atoms with van der Waals surface area (Å²) in [6.45, 7) is 2.87. The van der Waals surface area contributed by atoms with Crippen LogP contribution in [0, 0.1) is 12.8 Å². The third-order valence-electron chi connectivity index (χ3n) is 4.66. The summed E-state index contributed by atoms with van der Waals surface area (Å²) < 4.78 is 10.8. The molecule has 3 heterocycles. The van der Waals surface area contributed by atoms with E-state index in [9.17, 15) is 4.79 Å². The van der Waals surface area contributed by atoms with Crippen molar-refractivity contribution in [2.75, 3.05) is 13.2 Å². The number of halogens is 1. The van der Waals surface area contributed by atoms with Gasteiger partial charge in [0, 0.05) is 18.5 Å². The molecule has 2 atom stereocenters. The summed E-state index contributed by atoms with van der Waals surface area (Å²) in [5, 5.41) is 4.65. The third kappa shape index (κ3) is 2.75. The Kier molecular flexibility index (Phi) is 3.92. The molecule has 6 nitrogen and oxygen atoms in total. The largest absolute Gasteiger partial charge is 0.492 e. The Morgan fingerprint density at radius 2 is 2.29 bits per heavy atom. The quantitative estimate of drug-likeness (QED) is 0.835.